The van der Waals surface area contributed by atoms with Gasteiger partial charge < -0.3 is 0 Å². The molecule has 0 spiro atoms. The van der Waals surface area contributed by atoms with Crippen molar-refractivity contribution in [2.45, 2.75) is 105 Å². The molecule has 0 N–H and O–H groups in total. The van der Waals surface area contributed by atoms with Crippen molar-refractivity contribution in [3.8, 4) is 0 Å². The Morgan fingerprint density at radius 1 is 1.03 bits per heavy atom. The van der Waals surface area contributed by atoms with Gasteiger partial charge in [0.05, 0.1) is 0 Å². The summed E-state index contributed by atoms with van der Waals surface area (Å²) in [5.74, 6) is 6.72. The fraction of sp³-hybridized carbons (Fsp3) is 0.929. The average Bonchev–Trinajstić information content (AvgIpc) is 3.04. The maximum Gasteiger partial charge on any atom is 0.00921 e. The maximum atomic E-state index is 2.78. The van der Waals surface area contributed by atoms with Crippen LogP contribution in [-0.4, -0.2) is 4.43 Å². The Balaban J connectivity index is 1.51. The molecule has 0 bridgehead atoms. The summed E-state index contributed by atoms with van der Waals surface area (Å²) in [5, 5.41) is 0. The van der Waals surface area contributed by atoms with Gasteiger partial charge in [-0.2, -0.15) is 0 Å². The molecule has 4 aliphatic rings. The van der Waals surface area contributed by atoms with Gasteiger partial charge in [-0.1, -0.05) is 88.1 Å². The number of hydrogen-bond acceptors (Lipinski definition) is 0. The smallest absolute Gasteiger partial charge is 0.00921 e. The van der Waals surface area contributed by atoms with E-state index in [0.717, 1.165) is 41.4 Å². The van der Waals surface area contributed by atoms with E-state index in [-0.39, 0.29) is 0 Å². The van der Waals surface area contributed by atoms with E-state index in [4.69, 9.17) is 0 Å². The van der Waals surface area contributed by atoms with Gasteiger partial charge in [-0.25, -0.2) is 0 Å². The first-order valence-electron chi connectivity index (χ1n) is 13.1. The summed E-state index contributed by atoms with van der Waals surface area (Å²) in [6.45, 7) is 12.6. The van der Waals surface area contributed by atoms with Crippen LogP contribution in [0.2, 0.25) is 0 Å². The molecular weight excluding hydrogens is 463 g/mol. The average molecular weight is 511 g/mol. The zero-order valence-electron chi connectivity index (χ0n) is 20.0. The van der Waals surface area contributed by atoms with Crippen LogP contribution in [0.15, 0.2) is 11.6 Å². The van der Waals surface area contributed by atoms with Crippen LogP contribution in [0.25, 0.3) is 0 Å². The maximum absolute atomic E-state index is 2.78. The lowest BCUT2D eigenvalue weighted by molar-refractivity contribution is -0.0499. The van der Waals surface area contributed by atoms with Crippen molar-refractivity contribution in [1.82, 2.24) is 0 Å². The number of alkyl halides is 1. The molecule has 3 fully saturated rings. The van der Waals surface area contributed by atoms with E-state index < -0.39 is 0 Å². The van der Waals surface area contributed by atoms with Crippen molar-refractivity contribution < 1.29 is 0 Å². The molecule has 0 amide bonds. The predicted molar refractivity (Wildman–Crippen MR) is 135 cm³/mol. The van der Waals surface area contributed by atoms with Crippen molar-refractivity contribution in [3.63, 3.8) is 0 Å². The summed E-state index contributed by atoms with van der Waals surface area (Å²) < 4.78 is 1.38. The van der Waals surface area contributed by atoms with Gasteiger partial charge in [-0.3, -0.25) is 0 Å². The summed E-state index contributed by atoms with van der Waals surface area (Å²) >= 11 is 2.77. The van der Waals surface area contributed by atoms with Crippen molar-refractivity contribution in [1.29, 1.82) is 0 Å². The topological polar surface area (TPSA) is 0 Å². The van der Waals surface area contributed by atoms with Gasteiger partial charge in [0.1, 0.15) is 0 Å². The van der Waals surface area contributed by atoms with E-state index in [1.54, 1.807) is 0 Å². The Labute approximate surface area is 195 Å². The van der Waals surface area contributed by atoms with Gasteiger partial charge in [0.15, 0.2) is 0 Å². The molecule has 0 aromatic heterocycles. The summed E-state index contributed by atoms with van der Waals surface area (Å²) in [5.41, 5.74) is 3.11. The van der Waals surface area contributed by atoms with E-state index in [2.05, 4.69) is 63.3 Å². The van der Waals surface area contributed by atoms with Crippen molar-refractivity contribution in [2.75, 3.05) is 4.43 Å². The lowest BCUT2D eigenvalue weighted by Crippen LogP contribution is -2.52. The van der Waals surface area contributed by atoms with Crippen LogP contribution in [0.4, 0.5) is 0 Å². The monoisotopic (exact) mass is 510 g/mol. The molecule has 0 nitrogen and oxygen atoms in total. The Bertz CT molecular complexity index is 605. The second-order valence-corrected chi connectivity index (χ2v) is 13.3. The number of rotatable bonds is 6. The Kier molecular flexibility index (Phi) is 6.86. The first kappa shape index (κ1) is 22.7. The summed E-state index contributed by atoms with van der Waals surface area (Å²) in [6.07, 6.45) is 19.0. The van der Waals surface area contributed by atoms with Crippen molar-refractivity contribution >= 4 is 22.6 Å². The highest BCUT2D eigenvalue weighted by molar-refractivity contribution is 14.1. The van der Waals surface area contributed by atoms with E-state index in [0.29, 0.717) is 10.8 Å². The Morgan fingerprint density at radius 3 is 2.55 bits per heavy atom. The largest absolute Gasteiger partial charge is 0.0854 e. The molecule has 8 atom stereocenters. The molecule has 3 saturated carbocycles. The van der Waals surface area contributed by atoms with Gasteiger partial charge in [0, 0.05) is 9.84 Å². The Morgan fingerprint density at radius 2 is 1.83 bits per heavy atom. The molecule has 1 heteroatoms. The molecule has 4 rings (SSSR count). The molecule has 166 valence electrons. The summed E-state index contributed by atoms with van der Waals surface area (Å²) in [6, 6.07) is 0. The van der Waals surface area contributed by atoms with Crippen LogP contribution >= 0.6 is 22.6 Å². The molecule has 0 radical (unpaired) electrons. The normalized spacial score (nSPS) is 45.3. The third-order valence-electron chi connectivity index (χ3n) is 10.5. The second kappa shape index (κ2) is 8.78. The minimum Gasteiger partial charge on any atom is -0.0854 e. The molecule has 4 aliphatic carbocycles. The van der Waals surface area contributed by atoms with Crippen LogP contribution < -0.4 is 0 Å². The van der Waals surface area contributed by atoms with Gasteiger partial charge in [-0.15, -0.1) is 0 Å². The lowest BCUT2D eigenvalue weighted by Gasteiger charge is -2.59. The summed E-state index contributed by atoms with van der Waals surface area (Å²) in [7, 11) is 0. The SMILES string of the molecule is CC(C)CCCC(C)C1CCC2C3CC=C4CC(C)CCC4(CI)C3CCC12C. The van der Waals surface area contributed by atoms with E-state index >= 15 is 0 Å². The van der Waals surface area contributed by atoms with Gasteiger partial charge in [0.25, 0.3) is 0 Å². The first-order chi connectivity index (χ1) is 13.8. The van der Waals surface area contributed by atoms with Crippen LogP contribution in [0.1, 0.15) is 105 Å². The number of fused-ring (bicyclic) bond motifs is 5. The third-order valence-corrected chi connectivity index (χ3v) is 11.9. The first-order valence-corrected chi connectivity index (χ1v) is 14.6. The number of hydrogen-bond donors (Lipinski definition) is 0. The minimum atomic E-state index is 0.582. The third kappa shape index (κ3) is 3.91. The minimum absolute atomic E-state index is 0.582. The quantitative estimate of drug-likeness (QED) is 0.190. The van der Waals surface area contributed by atoms with E-state index in [1.165, 1.54) is 75.1 Å². The zero-order valence-corrected chi connectivity index (χ0v) is 22.1. The fourth-order valence-corrected chi connectivity index (χ4v) is 10.3. The molecule has 8 unspecified atom stereocenters. The molecule has 0 aromatic carbocycles. The van der Waals surface area contributed by atoms with E-state index in [9.17, 15) is 0 Å². The number of halogens is 1. The van der Waals surface area contributed by atoms with Gasteiger partial charge in [0.2, 0.25) is 0 Å². The molecule has 29 heavy (non-hydrogen) atoms. The Hall–Kier alpha value is 0.470. The van der Waals surface area contributed by atoms with Crippen molar-refractivity contribution in [2.24, 2.45) is 52.3 Å². The predicted octanol–water partition coefficient (Wildman–Crippen LogP) is 9.08. The van der Waals surface area contributed by atoms with Crippen LogP contribution in [0, 0.1) is 52.3 Å². The van der Waals surface area contributed by atoms with Crippen molar-refractivity contribution in [3.05, 3.63) is 11.6 Å². The molecule has 0 aliphatic heterocycles. The van der Waals surface area contributed by atoms with Crippen LogP contribution in [0.5, 0.6) is 0 Å². The lowest BCUT2D eigenvalue weighted by atomic mass is 9.46. The van der Waals surface area contributed by atoms with E-state index in [1.807, 2.05) is 5.57 Å². The zero-order chi connectivity index (χ0) is 20.8. The molecule has 0 aromatic rings. The molecule has 0 heterocycles. The standard InChI is InChI=1S/C28H47I/c1-19(2)7-6-8-21(4)24-11-12-25-23-10-9-22-17-20(3)13-16-28(22,18-29)26(23)14-15-27(24,25)5/h9,19-21,23-26H,6-8,10-18H2,1-5H3. The molecule has 0 saturated heterocycles. The van der Waals surface area contributed by atoms with Gasteiger partial charge in [-0.05, 0) is 98.2 Å². The highest BCUT2D eigenvalue weighted by Gasteiger charge is 2.59. The molecular formula is C28H47I. The second-order valence-electron chi connectivity index (χ2n) is 12.5. The summed E-state index contributed by atoms with van der Waals surface area (Å²) in [4.78, 5) is 0. The van der Waals surface area contributed by atoms with Crippen LogP contribution in [-0.2, 0) is 0 Å². The number of allylic oxidation sites excluding steroid dienone is 2. The highest BCUT2D eigenvalue weighted by Crippen LogP contribution is 2.68. The highest BCUT2D eigenvalue weighted by atomic mass is 127. The van der Waals surface area contributed by atoms with Gasteiger partial charge >= 0.3 is 0 Å². The fourth-order valence-electron chi connectivity index (χ4n) is 8.91. The van der Waals surface area contributed by atoms with Crippen LogP contribution in [0.3, 0.4) is 0 Å².